The van der Waals surface area contributed by atoms with Crippen LogP contribution in [0.4, 0.5) is 18.9 Å². The highest BCUT2D eigenvalue weighted by Gasteiger charge is 2.30. The molecule has 0 bridgehead atoms. The molecule has 2 aromatic rings. The highest BCUT2D eigenvalue weighted by molar-refractivity contribution is 7.92. The lowest BCUT2D eigenvalue weighted by Gasteiger charge is -2.22. The summed E-state index contributed by atoms with van der Waals surface area (Å²) in [5.74, 6) is -0.709. The van der Waals surface area contributed by atoms with Gasteiger partial charge in [0.05, 0.1) is 17.5 Å². The van der Waals surface area contributed by atoms with E-state index in [2.05, 4.69) is 5.32 Å². The number of carbonyl (C=O) groups excluding carboxylic acids is 1. The predicted octanol–water partition coefficient (Wildman–Crippen LogP) is 4.09. The number of sulfonamides is 1. The number of hydrogen-bond donors (Lipinski definition) is 1. The molecule has 28 heavy (non-hydrogen) atoms. The SMILES string of the molecule is CS(=O)(=O)N(CC(=O)NCc1cccc(C(F)(F)F)c1)c1cc(Cl)cc(Cl)c1. The van der Waals surface area contributed by atoms with Gasteiger partial charge in [0.2, 0.25) is 15.9 Å². The first kappa shape index (κ1) is 22.3. The van der Waals surface area contributed by atoms with Crippen LogP contribution in [0.5, 0.6) is 0 Å². The maximum atomic E-state index is 12.7. The van der Waals surface area contributed by atoms with Crippen LogP contribution < -0.4 is 9.62 Å². The standard InChI is InChI=1S/C17H15Cl2F3N2O3S/c1-28(26,27)24(15-7-13(18)6-14(19)8-15)10-16(25)23-9-11-3-2-4-12(5-11)17(20,21)22/h2-8H,9-10H2,1H3,(H,23,25). The summed E-state index contributed by atoms with van der Waals surface area (Å²) in [4.78, 5) is 12.2. The molecule has 0 aliphatic rings. The third-order valence-electron chi connectivity index (χ3n) is 3.57. The Morgan fingerprint density at radius 3 is 2.25 bits per heavy atom. The van der Waals surface area contributed by atoms with E-state index in [0.29, 0.717) is 0 Å². The van der Waals surface area contributed by atoms with Crippen molar-refractivity contribution in [3.63, 3.8) is 0 Å². The van der Waals surface area contributed by atoms with Crippen molar-refractivity contribution in [1.29, 1.82) is 0 Å². The van der Waals surface area contributed by atoms with Gasteiger partial charge in [-0.25, -0.2) is 8.42 Å². The summed E-state index contributed by atoms with van der Waals surface area (Å²) in [5.41, 5.74) is -0.528. The van der Waals surface area contributed by atoms with E-state index in [0.717, 1.165) is 22.7 Å². The lowest BCUT2D eigenvalue weighted by Crippen LogP contribution is -2.40. The fourth-order valence-corrected chi connectivity index (χ4v) is 3.68. The second-order valence-corrected chi connectivity index (χ2v) is 8.65. The van der Waals surface area contributed by atoms with Crippen LogP contribution >= 0.6 is 23.2 Å². The summed E-state index contributed by atoms with van der Waals surface area (Å²) in [5, 5.41) is 2.76. The van der Waals surface area contributed by atoms with Crippen molar-refractivity contribution >= 4 is 44.8 Å². The maximum absolute atomic E-state index is 12.7. The summed E-state index contributed by atoms with van der Waals surface area (Å²) >= 11 is 11.8. The van der Waals surface area contributed by atoms with Gasteiger partial charge >= 0.3 is 6.18 Å². The Morgan fingerprint density at radius 1 is 1.11 bits per heavy atom. The number of carbonyl (C=O) groups is 1. The average molecular weight is 455 g/mol. The number of halogens is 5. The smallest absolute Gasteiger partial charge is 0.350 e. The molecule has 5 nitrogen and oxygen atoms in total. The minimum Gasteiger partial charge on any atom is -0.350 e. The summed E-state index contributed by atoms with van der Waals surface area (Å²) < 4.78 is 63.1. The number of anilines is 1. The van der Waals surface area contributed by atoms with Crippen LogP contribution in [0, 0.1) is 0 Å². The molecule has 0 atom stereocenters. The zero-order valence-corrected chi connectivity index (χ0v) is 16.8. The van der Waals surface area contributed by atoms with E-state index in [-0.39, 0.29) is 27.8 Å². The molecule has 2 aromatic carbocycles. The quantitative estimate of drug-likeness (QED) is 0.714. The molecule has 0 fully saturated rings. The van der Waals surface area contributed by atoms with Gasteiger partial charge in [-0.3, -0.25) is 9.10 Å². The Balaban J connectivity index is 2.13. The summed E-state index contributed by atoms with van der Waals surface area (Å²) in [7, 11) is -3.85. The number of nitrogens with one attached hydrogen (secondary N) is 1. The largest absolute Gasteiger partial charge is 0.416 e. The van der Waals surface area contributed by atoms with Gasteiger partial charge in [0.1, 0.15) is 6.54 Å². The average Bonchev–Trinajstić information content (AvgIpc) is 2.55. The first-order valence-corrected chi connectivity index (χ1v) is 10.3. The summed E-state index contributed by atoms with van der Waals surface area (Å²) in [6.45, 7) is -0.787. The number of nitrogens with zero attached hydrogens (tertiary/aromatic N) is 1. The molecule has 2 rings (SSSR count). The number of alkyl halides is 3. The molecule has 152 valence electrons. The molecule has 1 amide bonds. The third kappa shape index (κ3) is 6.29. The second kappa shape index (κ2) is 8.59. The summed E-state index contributed by atoms with van der Waals surface area (Å²) in [6, 6.07) is 8.52. The molecule has 0 saturated heterocycles. The summed E-state index contributed by atoms with van der Waals surface area (Å²) in [6.07, 6.45) is -3.60. The molecular formula is C17H15Cl2F3N2O3S. The van der Waals surface area contributed by atoms with E-state index in [1.807, 2.05) is 0 Å². The van der Waals surface area contributed by atoms with Crippen molar-refractivity contribution in [2.75, 3.05) is 17.1 Å². The molecule has 1 N–H and O–H groups in total. The zero-order chi connectivity index (χ0) is 21.1. The van der Waals surface area contributed by atoms with Crippen LogP contribution in [0.15, 0.2) is 42.5 Å². The van der Waals surface area contributed by atoms with E-state index in [1.54, 1.807) is 0 Å². The van der Waals surface area contributed by atoms with E-state index in [9.17, 15) is 26.4 Å². The molecule has 0 aromatic heterocycles. The first-order valence-electron chi connectivity index (χ1n) is 7.73. The van der Waals surface area contributed by atoms with Crippen LogP contribution in [0.25, 0.3) is 0 Å². The lowest BCUT2D eigenvalue weighted by molar-refractivity contribution is -0.137. The molecule has 0 spiro atoms. The van der Waals surface area contributed by atoms with Gasteiger partial charge in [0.15, 0.2) is 0 Å². The van der Waals surface area contributed by atoms with Crippen molar-refractivity contribution in [3.05, 3.63) is 63.6 Å². The molecular weight excluding hydrogens is 440 g/mol. The van der Waals surface area contributed by atoms with Gasteiger partial charge in [-0.2, -0.15) is 13.2 Å². The van der Waals surface area contributed by atoms with Crippen molar-refractivity contribution in [1.82, 2.24) is 5.32 Å². The monoisotopic (exact) mass is 454 g/mol. The minimum absolute atomic E-state index is 0.0919. The van der Waals surface area contributed by atoms with Crippen LogP contribution in [0.2, 0.25) is 10.0 Å². The van der Waals surface area contributed by atoms with Crippen molar-refractivity contribution in [2.24, 2.45) is 0 Å². The van der Waals surface area contributed by atoms with Gasteiger partial charge < -0.3 is 5.32 Å². The van der Waals surface area contributed by atoms with E-state index < -0.39 is 34.2 Å². The molecule has 0 aliphatic heterocycles. The fraction of sp³-hybridized carbons (Fsp3) is 0.235. The third-order valence-corrected chi connectivity index (χ3v) is 5.14. The van der Waals surface area contributed by atoms with Gasteiger partial charge in [-0.05, 0) is 35.9 Å². The fourth-order valence-electron chi connectivity index (χ4n) is 2.33. The molecule has 0 saturated carbocycles. The Labute approximate surface area is 170 Å². The predicted molar refractivity (Wildman–Crippen MR) is 102 cm³/mol. The van der Waals surface area contributed by atoms with Crippen LogP contribution in [0.1, 0.15) is 11.1 Å². The Morgan fingerprint density at radius 2 is 1.71 bits per heavy atom. The van der Waals surface area contributed by atoms with Crippen LogP contribution in [-0.4, -0.2) is 27.1 Å². The second-order valence-electron chi connectivity index (χ2n) is 5.87. The first-order chi connectivity index (χ1) is 12.9. The normalized spacial score (nSPS) is 11.9. The highest BCUT2D eigenvalue weighted by atomic mass is 35.5. The molecule has 0 aliphatic carbocycles. The maximum Gasteiger partial charge on any atom is 0.416 e. The van der Waals surface area contributed by atoms with Gasteiger partial charge in [0.25, 0.3) is 0 Å². The topological polar surface area (TPSA) is 66.5 Å². The number of hydrogen-bond acceptors (Lipinski definition) is 3. The van der Waals surface area contributed by atoms with Crippen LogP contribution in [0.3, 0.4) is 0 Å². The number of amides is 1. The van der Waals surface area contributed by atoms with Crippen molar-refractivity contribution < 1.29 is 26.4 Å². The molecule has 0 unspecified atom stereocenters. The highest BCUT2D eigenvalue weighted by Crippen LogP contribution is 2.29. The Bertz CT molecular complexity index is 962. The van der Waals surface area contributed by atoms with E-state index in [1.165, 1.54) is 30.3 Å². The molecule has 11 heteroatoms. The lowest BCUT2D eigenvalue weighted by atomic mass is 10.1. The van der Waals surface area contributed by atoms with E-state index in [4.69, 9.17) is 23.2 Å². The van der Waals surface area contributed by atoms with Gasteiger partial charge in [-0.1, -0.05) is 35.3 Å². The number of rotatable bonds is 6. The molecule has 0 radical (unpaired) electrons. The Hall–Kier alpha value is -1.97. The Kier molecular flexibility index (Phi) is 6.84. The van der Waals surface area contributed by atoms with Crippen molar-refractivity contribution in [2.45, 2.75) is 12.7 Å². The minimum atomic E-state index is -4.50. The zero-order valence-electron chi connectivity index (χ0n) is 14.4. The van der Waals surface area contributed by atoms with Crippen molar-refractivity contribution in [3.8, 4) is 0 Å². The molecule has 0 heterocycles. The van der Waals surface area contributed by atoms with Crippen LogP contribution in [-0.2, 0) is 27.5 Å². The van der Waals surface area contributed by atoms with Gasteiger partial charge in [-0.15, -0.1) is 0 Å². The number of benzene rings is 2. The van der Waals surface area contributed by atoms with E-state index >= 15 is 0 Å². The van der Waals surface area contributed by atoms with Gasteiger partial charge in [0, 0.05) is 16.6 Å².